The van der Waals surface area contributed by atoms with E-state index in [9.17, 15) is 27.6 Å². The van der Waals surface area contributed by atoms with E-state index in [4.69, 9.17) is 10.2 Å². The Morgan fingerprint density at radius 2 is 1.68 bits per heavy atom. The summed E-state index contributed by atoms with van der Waals surface area (Å²) in [6.45, 7) is 1.13. The maximum Gasteiger partial charge on any atom is 0.471 e. The molecule has 1 amide bonds. The van der Waals surface area contributed by atoms with Crippen LogP contribution in [0.4, 0.5) is 18.2 Å². The Kier molecular flexibility index (Phi) is 3.84. The number of rotatable bonds is 3. The topological polar surface area (TPSA) is 104 Å². The van der Waals surface area contributed by atoms with Gasteiger partial charge in [-0.3, -0.25) is 4.79 Å². The molecule has 0 fully saturated rings. The van der Waals surface area contributed by atoms with Gasteiger partial charge < -0.3 is 15.5 Å². The van der Waals surface area contributed by atoms with Crippen LogP contribution in [0.5, 0.6) is 0 Å². The summed E-state index contributed by atoms with van der Waals surface area (Å²) in [6, 6.07) is 0. The SMILES string of the molecule is Cc1c(C(=O)O)sc(NC(=O)C(F)(F)F)c1C(=O)O. The van der Waals surface area contributed by atoms with Gasteiger partial charge >= 0.3 is 24.0 Å². The number of halogens is 3. The number of amides is 1. The first-order chi connectivity index (χ1) is 8.55. The van der Waals surface area contributed by atoms with Gasteiger partial charge in [0.15, 0.2) is 0 Å². The van der Waals surface area contributed by atoms with Crippen molar-refractivity contribution < 1.29 is 37.8 Å². The van der Waals surface area contributed by atoms with Crippen molar-refractivity contribution in [2.24, 2.45) is 0 Å². The van der Waals surface area contributed by atoms with E-state index >= 15 is 0 Å². The van der Waals surface area contributed by atoms with Crippen molar-refractivity contribution in [1.82, 2.24) is 0 Å². The van der Waals surface area contributed by atoms with Crippen molar-refractivity contribution in [3.8, 4) is 0 Å². The highest BCUT2D eigenvalue weighted by molar-refractivity contribution is 7.18. The van der Waals surface area contributed by atoms with E-state index in [1.54, 1.807) is 0 Å². The molecule has 0 radical (unpaired) electrons. The highest BCUT2D eigenvalue weighted by Crippen LogP contribution is 2.34. The molecule has 1 aromatic rings. The lowest BCUT2D eigenvalue weighted by Gasteiger charge is -2.06. The molecule has 0 saturated carbocycles. The van der Waals surface area contributed by atoms with Gasteiger partial charge in [0.1, 0.15) is 9.88 Å². The second-order valence-electron chi connectivity index (χ2n) is 3.32. The summed E-state index contributed by atoms with van der Waals surface area (Å²) in [6.07, 6.45) is -5.20. The molecule has 1 rings (SSSR count). The Morgan fingerprint density at radius 3 is 2.05 bits per heavy atom. The zero-order valence-corrected chi connectivity index (χ0v) is 9.98. The van der Waals surface area contributed by atoms with Crippen molar-refractivity contribution in [3.05, 3.63) is 16.0 Å². The summed E-state index contributed by atoms with van der Waals surface area (Å²) < 4.78 is 36.2. The van der Waals surface area contributed by atoms with Crippen LogP contribution >= 0.6 is 11.3 Å². The van der Waals surface area contributed by atoms with Gasteiger partial charge in [-0.25, -0.2) is 9.59 Å². The van der Waals surface area contributed by atoms with Crippen molar-refractivity contribution >= 4 is 34.2 Å². The van der Waals surface area contributed by atoms with E-state index in [1.807, 2.05) is 0 Å². The van der Waals surface area contributed by atoms with Crippen molar-refractivity contribution in [2.45, 2.75) is 13.1 Å². The number of carboxylic acid groups (broad SMARTS) is 2. The van der Waals surface area contributed by atoms with Gasteiger partial charge in [-0.15, -0.1) is 11.3 Å². The fourth-order valence-corrected chi connectivity index (χ4v) is 2.27. The van der Waals surface area contributed by atoms with E-state index in [2.05, 4.69) is 0 Å². The van der Waals surface area contributed by atoms with Crippen LogP contribution in [0.25, 0.3) is 0 Å². The largest absolute Gasteiger partial charge is 0.478 e. The summed E-state index contributed by atoms with van der Waals surface area (Å²) in [5.74, 6) is -5.48. The first-order valence-electron chi connectivity index (χ1n) is 4.53. The van der Waals surface area contributed by atoms with Gasteiger partial charge in [-0.2, -0.15) is 13.2 Å². The van der Waals surface area contributed by atoms with Crippen LogP contribution in [0.15, 0.2) is 0 Å². The third-order valence-electron chi connectivity index (χ3n) is 2.04. The maximum absolute atomic E-state index is 12.1. The van der Waals surface area contributed by atoms with Gasteiger partial charge in [-0.1, -0.05) is 0 Å². The molecule has 6 nitrogen and oxygen atoms in total. The lowest BCUT2D eigenvalue weighted by molar-refractivity contribution is -0.167. The van der Waals surface area contributed by atoms with Crippen LogP contribution in [-0.2, 0) is 4.79 Å². The number of anilines is 1. The normalized spacial score (nSPS) is 11.2. The molecule has 1 heterocycles. The number of nitrogens with one attached hydrogen (secondary N) is 1. The Balaban J connectivity index is 3.28. The summed E-state index contributed by atoms with van der Waals surface area (Å²) >= 11 is 0.255. The predicted octanol–water partition coefficient (Wildman–Crippen LogP) is 1.95. The molecule has 0 aliphatic heterocycles. The Hall–Kier alpha value is -2.10. The highest BCUT2D eigenvalue weighted by Gasteiger charge is 2.40. The Bertz CT molecular complexity index is 563. The molecule has 0 unspecified atom stereocenters. The number of hydrogen-bond acceptors (Lipinski definition) is 4. The molecule has 0 atom stereocenters. The predicted molar refractivity (Wildman–Crippen MR) is 57.7 cm³/mol. The quantitative estimate of drug-likeness (QED) is 0.791. The number of carboxylic acids is 2. The second-order valence-corrected chi connectivity index (χ2v) is 4.34. The summed E-state index contributed by atoms with van der Waals surface area (Å²) in [5, 5.41) is 18.3. The van der Waals surface area contributed by atoms with E-state index in [0.29, 0.717) is 0 Å². The van der Waals surface area contributed by atoms with Crippen LogP contribution in [0.1, 0.15) is 25.6 Å². The van der Waals surface area contributed by atoms with Gasteiger partial charge in [-0.05, 0) is 12.5 Å². The van der Waals surface area contributed by atoms with Crippen molar-refractivity contribution in [3.63, 3.8) is 0 Å². The van der Waals surface area contributed by atoms with Crippen LogP contribution < -0.4 is 5.32 Å². The first-order valence-corrected chi connectivity index (χ1v) is 5.35. The Morgan fingerprint density at radius 1 is 1.16 bits per heavy atom. The molecule has 3 N–H and O–H groups in total. The Labute approximate surface area is 107 Å². The molecule has 0 spiro atoms. The van der Waals surface area contributed by atoms with Gasteiger partial charge in [0, 0.05) is 0 Å². The average molecular weight is 297 g/mol. The van der Waals surface area contributed by atoms with Gasteiger partial charge in [0.2, 0.25) is 0 Å². The minimum Gasteiger partial charge on any atom is -0.478 e. The van der Waals surface area contributed by atoms with Crippen LogP contribution in [-0.4, -0.2) is 34.2 Å². The molecule has 1 aromatic heterocycles. The maximum atomic E-state index is 12.1. The number of carbonyl (C=O) groups is 3. The van der Waals surface area contributed by atoms with E-state index in [0.717, 1.165) is 6.92 Å². The van der Waals surface area contributed by atoms with Crippen LogP contribution in [0, 0.1) is 6.92 Å². The summed E-state index contributed by atoms with van der Waals surface area (Å²) in [7, 11) is 0. The fourth-order valence-electron chi connectivity index (χ4n) is 1.24. The molecule has 0 bridgehead atoms. The second kappa shape index (κ2) is 4.88. The highest BCUT2D eigenvalue weighted by atomic mass is 32.1. The monoisotopic (exact) mass is 297 g/mol. The molecule has 104 valence electrons. The van der Waals surface area contributed by atoms with Crippen molar-refractivity contribution in [1.29, 1.82) is 0 Å². The molecule has 0 saturated heterocycles. The molecule has 0 aliphatic rings. The third-order valence-corrected chi connectivity index (χ3v) is 3.23. The molecular weight excluding hydrogens is 291 g/mol. The molecular formula is C9H6F3NO5S. The minimum absolute atomic E-state index is 0.220. The van der Waals surface area contributed by atoms with Gasteiger partial charge in [0.05, 0.1) is 5.56 Å². The van der Waals surface area contributed by atoms with Crippen molar-refractivity contribution in [2.75, 3.05) is 5.32 Å². The number of aromatic carboxylic acids is 2. The van der Waals surface area contributed by atoms with E-state index in [-0.39, 0.29) is 16.9 Å². The summed E-state index contributed by atoms with van der Waals surface area (Å²) in [5.41, 5.74) is -0.887. The number of alkyl halides is 3. The number of thiophene rings is 1. The number of hydrogen-bond donors (Lipinski definition) is 3. The van der Waals surface area contributed by atoms with E-state index in [1.165, 1.54) is 5.32 Å². The standard InChI is InChI=1S/C9H6F3NO5S/c1-2-3(6(14)15)5(19-4(2)7(16)17)13-8(18)9(10,11)12/h1H3,(H,13,18)(H,14,15)(H,16,17). The van der Waals surface area contributed by atoms with Crippen LogP contribution in [0.2, 0.25) is 0 Å². The first kappa shape index (κ1) is 15.0. The minimum atomic E-state index is -5.20. The fraction of sp³-hybridized carbons (Fsp3) is 0.222. The molecule has 19 heavy (non-hydrogen) atoms. The molecule has 0 aliphatic carbocycles. The summed E-state index contributed by atoms with van der Waals surface area (Å²) in [4.78, 5) is 31.9. The van der Waals surface area contributed by atoms with E-state index < -0.39 is 39.5 Å². The smallest absolute Gasteiger partial charge is 0.471 e. The lowest BCUT2D eigenvalue weighted by Crippen LogP contribution is -2.30. The number of carbonyl (C=O) groups excluding carboxylic acids is 1. The zero-order chi connectivity index (χ0) is 15.0. The zero-order valence-electron chi connectivity index (χ0n) is 9.16. The lowest BCUT2D eigenvalue weighted by atomic mass is 10.1. The van der Waals surface area contributed by atoms with Crippen LogP contribution in [0.3, 0.4) is 0 Å². The average Bonchev–Trinajstić information content (AvgIpc) is 2.53. The molecule has 0 aromatic carbocycles. The third kappa shape index (κ3) is 3.02. The van der Waals surface area contributed by atoms with Gasteiger partial charge in [0.25, 0.3) is 0 Å². The molecule has 10 heteroatoms.